The number of hydrogen-bond acceptors (Lipinski definition) is 6. The van der Waals surface area contributed by atoms with Crippen molar-refractivity contribution in [3.05, 3.63) is 5.82 Å². The van der Waals surface area contributed by atoms with Crippen molar-refractivity contribution in [2.75, 3.05) is 25.5 Å². The Morgan fingerprint density at radius 1 is 1.58 bits per heavy atom. The Balaban J connectivity index is 1.92. The first kappa shape index (κ1) is 14.0. The van der Waals surface area contributed by atoms with Crippen molar-refractivity contribution in [3.63, 3.8) is 0 Å². The Morgan fingerprint density at radius 3 is 3.00 bits per heavy atom. The average molecular weight is 284 g/mol. The Morgan fingerprint density at radius 2 is 2.37 bits per heavy atom. The number of likely N-dealkylation sites (tertiary alicyclic amines) is 1. The highest BCUT2D eigenvalue weighted by molar-refractivity contribution is 7.09. The minimum absolute atomic E-state index is 0.223. The van der Waals surface area contributed by atoms with Crippen LogP contribution in [0.1, 0.15) is 38.4 Å². The van der Waals surface area contributed by atoms with Gasteiger partial charge in [-0.05, 0) is 12.8 Å². The van der Waals surface area contributed by atoms with Crippen LogP contribution in [0.15, 0.2) is 0 Å². The molecule has 1 atom stereocenters. The molecule has 0 saturated carbocycles. The molecule has 0 spiro atoms. The third-order valence-electron chi connectivity index (χ3n) is 3.14. The molecule has 1 unspecified atom stereocenters. The van der Waals surface area contributed by atoms with E-state index in [0.717, 1.165) is 30.3 Å². The van der Waals surface area contributed by atoms with Gasteiger partial charge in [0.1, 0.15) is 5.82 Å². The van der Waals surface area contributed by atoms with Crippen LogP contribution in [0.5, 0.6) is 0 Å². The molecule has 6 nitrogen and oxygen atoms in total. The maximum Gasteiger partial charge on any atom is 0.409 e. The van der Waals surface area contributed by atoms with E-state index in [1.807, 2.05) is 0 Å². The summed E-state index contributed by atoms with van der Waals surface area (Å²) in [6.07, 6.45) is 1.75. The molecule has 1 aliphatic rings. The van der Waals surface area contributed by atoms with Crippen molar-refractivity contribution >= 4 is 22.8 Å². The maximum absolute atomic E-state index is 11.5. The molecule has 106 valence electrons. The quantitative estimate of drug-likeness (QED) is 0.922. The summed E-state index contributed by atoms with van der Waals surface area (Å²) in [7, 11) is 1.42. The van der Waals surface area contributed by atoms with Crippen molar-refractivity contribution in [1.82, 2.24) is 14.3 Å². The predicted octanol–water partition coefficient (Wildman–Crippen LogP) is 2.30. The molecule has 0 radical (unpaired) electrons. The van der Waals surface area contributed by atoms with Gasteiger partial charge in [0, 0.05) is 36.6 Å². The summed E-state index contributed by atoms with van der Waals surface area (Å²) in [6.45, 7) is 5.57. The highest BCUT2D eigenvalue weighted by Gasteiger charge is 2.24. The largest absolute Gasteiger partial charge is 0.453 e. The van der Waals surface area contributed by atoms with Crippen molar-refractivity contribution in [3.8, 4) is 0 Å². The summed E-state index contributed by atoms with van der Waals surface area (Å²) in [5.74, 6) is 1.21. The van der Waals surface area contributed by atoms with E-state index in [1.165, 1.54) is 18.6 Å². The molecule has 1 aliphatic heterocycles. The Kier molecular flexibility index (Phi) is 4.57. The topological polar surface area (TPSA) is 67.3 Å². The van der Waals surface area contributed by atoms with Gasteiger partial charge in [0.2, 0.25) is 5.13 Å². The molecule has 1 saturated heterocycles. The molecule has 7 heteroatoms. The van der Waals surface area contributed by atoms with E-state index in [1.54, 1.807) is 4.90 Å². The minimum Gasteiger partial charge on any atom is -0.453 e. The zero-order valence-corrected chi connectivity index (χ0v) is 12.4. The number of ether oxygens (including phenoxy) is 1. The summed E-state index contributed by atoms with van der Waals surface area (Å²) < 4.78 is 9.07. The van der Waals surface area contributed by atoms with Crippen molar-refractivity contribution < 1.29 is 9.53 Å². The lowest BCUT2D eigenvalue weighted by Gasteiger charge is -2.31. The van der Waals surface area contributed by atoms with Crippen LogP contribution in [-0.4, -0.2) is 46.6 Å². The lowest BCUT2D eigenvalue weighted by Crippen LogP contribution is -2.45. The van der Waals surface area contributed by atoms with Crippen LogP contribution < -0.4 is 5.32 Å². The Hall–Kier alpha value is -1.37. The van der Waals surface area contributed by atoms with Crippen LogP contribution in [0.4, 0.5) is 9.93 Å². The van der Waals surface area contributed by atoms with E-state index in [9.17, 15) is 4.79 Å². The van der Waals surface area contributed by atoms with Gasteiger partial charge >= 0.3 is 6.09 Å². The highest BCUT2D eigenvalue weighted by Crippen LogP contribution is 2.21. The second-order valence-electron chi connectivity index (χ2n) is 5.01. The number of hydrogen-bond donors (Lipinski definition) is 1. The standard InChI is InChI=1S/C12H20N4O2S/c1-8(2)10-14-11(19-15-10)13-9-5-4-6-16(7-9)12(17)18-3/h8-9H,4-7H2,1-3H3,(H,13,14,15). The number of piperidine rings is 1. The van der Waals surface area contributed by atoms with E-state index in [0.29, 0.717) is 12.5 Å². The minimum atomic E-state index is -0.258. The molecule has 0 aliphatic carbocycles. The van der Waals surface area contributed by atoms with Gasteiger partial charge in [-0.15, -0.1) is 0 Å². The van der Waals surface area contributed by atoms with Gasteiger partial charge in [-0.1, -0.05) is 13.8 Å². The molecule has 19 heavy (non-hydrogen) atoms. The van der Waals surface area contributed by atoms with Gasteiger partial charge in [-0.2, -0.15) is 4.37 Å². The highest BCUT2D eigenvalue weighted by atomic mass is 32.1. The number of carbonyl (C=O) groups is 1. The summed E-state index contributed by atoms with van der Waals surface area (Å²) >= 11 is 1.38. The van der Waals surface area contributed by atoms with Gasteiger partial charge in [-0.25, -0.2) is 9.78 Å². The van der Waals surface area contributed by atoms with Crippen LogP contribution in [0.3, 0.4) is 0 Å². The molecule has 1 N–H and O–H groups in total. The fraction of sp³-hybridized carbons (Fsp3) is 0.750. The smallest absolute Gasteiger partial charge is 0.409 e. The lowest BCUT2D eigenvalue weighted by atomic mass is 10.1. The third-order valence-corrected chi connectivity index (χ3v) is 3.80. The number of nitrogens with zero attached hydrogens (tertiary/aromatic N) is 3. The monoisotopic (exact) mass is 284 g/mol. The summed E-state index contributed by atoms with van der Waals surface area (Å²) in [4.78, 5) is 17.7. The normalized spacial score (nSPS) is 19.6. The number of nitrogens with one attached hydrogen (secondary N) is 1. The first-order chi connectivity index (χ1) is 9.10. The average Bonchev–Trinajstić information content (AvgIpc) is 2.87. The van der Waals surface area contributed by atoms with Gasteiger partial charge in [-0.3, -0.25) is 0 Å². The maximum atomic E-state index is 11.5. The van der Waals surface area contributed by atoms with Crippen LogP contribution in [0.2, 0.25) is 0 Å². The van der Waals surface area contributed by atoms with Gasteiger partial charge in [0.05, 0.1) is 7.11 Å². The molecular weight excluding hydrogens is 264 g/mol. The van der Waals surface area contributed by atoms with Gasteiger partial charge in [0.25, 0.3) is 0 Å². The fourth-order valence-corrected chi connectivity index (χ4v) is 2.88. The van der Waals surface area contributed by atoms with E-state index in [4.69, 9.17) is 4.74 Å². The van der Waals surface area contributed by atoms with Gasteiger partial charge in [0.15, 0.2) is 0 Å². The fourth-order valence-electron chi connectivity index (χ4n) is 2.09. The van der Waals surface area contributed by atoms with E-state index >= 15 is 0 Å². The molecule has 0 aromatic carbocycles. The number of rotatable bonds is 3. The number of methoxy groups -OCH3 is 1. The lowest BCUT2D eigenvalue weighted by molar-refractivity contribution is 0.113. The van der Waals surface area contributed by atoms with Crippen LogP contribution in [0, 0.1) is 0 Å². The first-order valence-electron chi connectivity index (χ1n) is 6.53. The number of anilines is 1. The molecule has 2 rings (SSSR count). The zero-order valence-electron chi connectivity index (χ0n) is 11.5. The predicted molar refractivity (Wildman–Crippen MR) is 74.6 cm³/mol. The second-order valence-corrected chi connectivity index (χ2v) is 5.76. The van der Waals surface area contributed by atoms with Crippen LogP contribution in [-0.2, 0) is 4.74 Å². The summed E-state index contributed by atoms with van der Waals surface area (Å²) in [5, 5.41) is 4.19. The van der Waals surface area contributed by atoms with E-state index < -0.39 is 0 Å². The molecule has 0 bridgehead atoms. The van der Waals surface area contributed by atoms with Crippen molar-refractivity contribution in [2.45, 2.75) is 38.6 Å². The number of amides is 1. The molecule has 1 fully saturated rings. The van der Waals surface area contributed by atoms with Crippen LogP contribution in [0.25, 0.3) is 0 Å². The number of carbonyl (C=O) groups excluding carboxylic acids is 1. The third kappa shape index (κ3) is 3.56. The van der Waals surface area contributed by atoms with Gasteiger partial charge < -0.3 is 15.0 Å². The van der Waals surface area contributed by atoms with E-state index in [-0.39, 0.29) is 12.1 Å². The van der Waals surface area contributed by atoms with Crippen molar-refractivity contribution in [1.29, 1.82) is 0 Å². The van der Waals surface area contributed by atoms with E-state index in [2.05, 4.69) is 28.5 Å². The number of aromatic nitrogens is 2. The Labute approximate surface area is 117 Å². The zero-order chi connectivity index (χ0) is 13.8. The molecule has 1 aromatic rings. The molecular formula is C12H20N4O2S. The molecule has 1 amide bonds. The van der Waals surface area contributed by atoms with Crippen molar-refractivity contribution in [2.24, 2.45) is 0 Å². The van der Waals surface area contributed by atoms with Crippen LogP contribution >= 0.6 is 11.5 Å². The Bertz CT molecular complexity index is 435. The SMILES string of the molecule is COC(=O)N1CCCC(Nc2nc(C(C)C)ns2)C1. The second kappa shape index (κ2) is 6.18. The first-order valence-corrected chi connectivity index (χ1v) is 7.30. The summed E-state index contributed by atoms with van der Waals surface area (Å²) in [5.41, 5.74) is 0. The molecule has 1 aromatic heterocycles. The summed E-state index contributed by atoms with van der Waals surface area (Å²) in [6, 6.07) is 0.223. The molecule has 2 heterocycles.